The quantitative estimate of drug-likeness (QED) is 0.659. The SMILES string of the molecule is COC(=O)N1CCNCC12CCCCC2. The molecular formula is C11H20N2O2. The molecule has 15 heavy (non-hydrogen) atoms. The van der Waals surface area contributed by atoms with Crippen LogP contribution in [0, 0.1) is 0 Å². The Morgan fingerprint density at radius 3 is 2.73 bits per heavy atom. The second-order valence-electron chi connectivity index (χ2n) is 4.58. The van der Waals surface area contributed by atoms with E-state index in [4.69, 9.17) is 4.74 Å². The summed E-state index contributed by atoms with van der Waals surface area (Å²) < 4.78 is 4.88. The van der Waals surface area contributed by atoms with Crippen molar-refractivity contribution in [2.45, 2.75) is 37.6 Å². The van der Waals surface area contributed by atoms with Gasteiger partial charge >= 0.3 is 6.09 Å². The summed E-state index contributed by atoms with van der Waals surface area (Å²) in [5.41, 5.74) is 0.0452. The predicted octanol–water partition coefficient (Wildman–Crippen LogP) is 1.36. The van der Waals surface area contributed by atoms with Gasteiger partial charge in [0.05, 0.1) is 12.6 Å². The van der Waals surface area contributed by atoms with Crippen LogP contribution in [0.1, 0.15) is 32.1 Å². The topological polar surface area (TPSA) is 41.6 Å². The summed E-state index contributed by atoms with van der Waals surface area (Å²) in [5, 5.41) is 3.40. The van der Waals surface area contributed by atoms with Gasteiger partial charge < -0.3 is 15.0 Å². The first kappa shape index (κ1) is 10.7. The number of methoxy groups -OCH3 is 1. The van der Waals surface area contributed by atoms with E-state index in [1.165, 1.54) is 26.4 Å². The fourth-order valence-electron chi connectivity index (χ4n) is 2.90. The van der Waals surface area contributed by atoms with Crippen molar-refractivity contribution in [2.24, 2.45) is 0 Å². The van der Waals surface area contributed by atoms with Crippen molar-refractivity contribution in [3.8, 4) is 0 Å². The van der Waals surface area contributed by atoms with Gasteiger partial charge in [0.15, 0.2) is 0 Å². The molecule has 2 fully saturated rings. The van der Waals surface area contributed by atoms with E-state index in [0.717, 1.165) is 32.5 Å². The Kier molecular flexibility index (Phi) is 3.14. The van der Waals surface area contributed by atoms with E-state index < -0.39 is 0 Å². The number of hydrogen-bond donors (Lipinski definition) is 1. The maximum Gasteiger partial charge on any atom is 0.410 e. The number of carbonyl (C=O) groups is 1. The average molecular weight is 212 g/mol. The van der Waals surface area contributed by atoms with Crippen molar-refractivity contribution >= 4 is 6.09 Å². The molecule has 1 N–H and O–H groups in total. The molecule has 2 rings (SSSR count). The Hall–Kier alpha value is -0.770. The lowest BCUT2D eigenvalue weighted by Gasteiger charge is -2.48. The molecule has 1 spiro atoms. The van der Waals surface area contributed by atoms with Crippen LogP contribution in [-0.4, -0.2) is 43.3 Å². The number of amides is 1. The molecule has 4 nitrogen and oxygen atoms in total. The second kappa shape index (κ2) is 4.39. The van der Waals surface area contributed by atoms with Crippen LogP contribution in [0.5, 0.6) is 0 Å². The van der Waals surface area contributed by atoms with Crippen molar-refractivity contribution in [3.63, 3.8) is 0 Å². The summed E-state index contributed by atoms with van der Waals surface area (Å²) in [4.78, 5) is 13.7. The second-order valence-corrected chi connectivity index (χ2v) is 4.58. The number of nitrogens with one attached hydrogen (secondary N) is 1. The molecule has 1 saturated heterocycles. The van der Waals surface area contributed by atoms with Gasteiger partial charge in [-0.25, -0.2) is 4.79 Å². The molecule has 1 aliphatic heterocycles. The van der Waals surface area contributed by atoms with Gasteiger partial charge in [-0.15, -0.1) is 0 Å². The van der Waals surface area contributed by atoms with Crippen LogP contribution in [0.3, 0.4) is 0 Å². The van der Waals surface area contributed by atoms with Gasteiger partial charge in [0.2, 0.25) is 0 Å². The van der Waals surface area contributed by atoms with Gasteiger partial charge in [-0.3, -0.25) is 0 Å². The molecule has 86 valence electrons. The minimum atomic E-state index is -0.154. The van der Waals surface area contributed by atoms with Gasteiger partial charge in [0.1, 0.15) is 0 Å². The molecule has 0 aromatic heterocycles. The number of ether oxygens (including phenoxy) is 1. The van der Waals surface area contributed by atoms with Crippen molar-refractivity contribution < 1.29 is 9.53 Å². The summed E-state index contributed by atoms with van der Waals surface area (Å²) >= 11 is 0. The van der Waals surface area contributed by atoms with Crippen LogP contribution < -0.4 is 5.32 Å². The first-order valence-corrected chi connectivity index (χ1v) is 5.85. The van der Waals surface area contributed by atoms with Gasteiger partial charge in [-0.2, -0.15) is 0 Å². The van der Waals surface area contributed by atoms with E-state index in [0.29, 0.717) is 0 Å². The summed E-state index contributed by atoms with van der Waals surface area (Å²) in [6.07, 6.45) is 5.85. The lowest BCUT2D eigenvalue weighted by atomic mass is 9.79. The zero-order valence-corrected chi connectivity index (χ0v) is 9.42. The average Bonchev–Trinajstić information content (AvgIpc) is 2.30. The van der Waals surface area contributed by atoms with Crippen molar-refractivity contribution in [1.82, 2.24) is 10.2 Å². The molecule has 0 atom stereocenters. The molecule has 0 bridgehead atoms. The van der Waals surface area contributed by atoms with E-state index >= 15 is 0 Å². The molecule has 1 aliphatic carbocycles. The Bertz CT molecular complexity index is 228. The van der Waals surface area contributed by atoms with Gasteiger partial charge in [-0.1, -0.05) is 19.3 Å². The van der Waals surface area contributed by atoms with Crippen LogP contribution in [0.4, 0.5) is 4.79 Å². The van der Waals surface area contributed by atoms with Crippen LogP contribution >= 0.6 is 0 Å². The van der Waals surface area contributed by atoms with Crippen LogP contribution in [0.15, 0.2) is 0 Å². The van der Waals surface area contributed by atoms with Crippen molar-refractivity contribution in [2.75, 3.05) is 26.7 Å². The number of nitrogens with zero attached hydrogens (tertiary/aromatic N) is 1. The normalized spacial score (nSPS) is 25.3. The standard InChI is InChI=1S/C11H20N2O2/c1-15-10(14)13-8-7-12-9-11(13)5-3-2-4-6-11/h12H,2-9H2,1H3. The highest BCUT2D eigenvalue weighted by atomic mass is 16.5. The Labute approximate surface area is 91.0 Å². The third-order valence-corrected chi connectivity index (χ3v) is 3.72. The maximum absolute atomic E-state index is 11.7. The number of piperazine rings is 1. The smallest absolute Gasteiger partial charge is 0.410 e. The van der Waals surface area contributed by atoms with E-state index in [2.05, 4.69) is 5.32 Å². The molecule has 2 aliphatic rings. The minimum absolute atomic E-state index is 0.0452. The lowest BCUT2D eigenvalue weighted by Crippen LogP contribution is -2.63. The first-order valence-electron chi connectivity index (χ1n) is 5.85. The highest BCUT2D eigenvalue weighted by Crippen LogP contribution is 2.34. The Balaban J connectivity index is 2.13. The van der Waals surface area contributed by atoms with Gasteiger partial charge in [0.25, 0.3) is 0 Å². The van der Waals surface area contributed by atoms with E-state index in [1.54, 1.807) is 0 Å². The third-order valence-electron chi connectivity index (χ3n) is 3.72. The van der Waals surface area contributed by atoms with Crippen molar-refractivity contribution in [3.05, 3.63) is 0 Å². The zero-order valence-electron chi connectivity index (χ0n) is 9.42. The highest BCUT2D eigenvalue weighted by Gasteiger charge is 2.42. The lowest BCUT2D eigenvalue weighted by molar-refractivity contribution is 0.0240. The molecule has 0 aromatic carbocycles. The van der Waals surface area contributed by atoms with Crippen LogP contribution in [0.2, 0.25) is 0 Å². The molecular weight excluding hydrogens is 192 g/mol. The summed E-state index contributed by atoms with van der Waals surface area (Å²) in [7, 11) is 1.47. The summed E-state index contributed by atoms with van der Waals surface area (Å²) in [6, 6.07) is 0. The van der Waals surface area contributed by atoms with E-state index in [9.17, 15) is 4.79 Å². The van der Waals surface area contributed by atoms with Crippen molar-refractivity contribution in [1.29, 1.82) is 0 Å². The maximum atomic E-state index is 11.7. The van der Waals surface area contributed by atoms with E-state index in [1.807, 2.05) is 4.90 Å². The Morgan fingerprint density at radius 2 is 2.07 bits per heavy atom. The first-order chi connectivity index (χ1) is 7.28. The number of rotatable bonds is 0. The third kappa shape index (κ3) is 1.95. The molecule has 0 aromatic rings. The molecule has 0 radical (unpaired) electrons. The zero-order chi connectivity index (χ0) is 10.7. The predicted molar refractivity (Wildman–Crippen MR) is 57.8 cm³/mol. The fourth-order valence-corrected chi connectivity index (χ4v) is 2.90. The summed E-state index contributed by atoms with van der Waals surface area (Å²) in [5.74, 6) is 0. The monoisotopic (exact) mass is 212 g/mol. The molecule has 4 heteroatoms. The van der Waals surface area contributed by atoms with Crippen LogP contribution in [-0.2, 0) is 4.74 Å². The van der Waals surface area contributed by atoms with Gasteiger partial charge in [0, 0.05) is 19.6 Å². The van der Waals surface area contributed by atoms with Gasteiger partial charge in [-0.05, 0) is 12.8 Å². The fraction of sp³-hybridized carbons (Fsp3) is 0.909. The van der Waals surface area contributed by atoms with Crippen LogP contribution in [0.25, 0.3) is 0 Å². The largest absolute Gasteiger partial charge is 0.453 e. The Morgan fingerprint density at radius 1 is 1.33 bits per heavy atom. The molecule has 1 saturated carbocycles. The minimum Gasteiger partial charge on any atom is -0.453 e. The number of hydrogen-bond acceptors (Lipinski definition) is 3. The highest BCUT2D eigenvalue weighted by molar-refractivity contribution is 5.68. The molecule has 0 unspecified atom stereocenters. The molecule has 1 heterocycles. The summed E-state index contributed by atoms with van der Waals surface area (Å²) in [6.45, 7) is 2.60. The number of carbonyl (C=O) groups excluding carboxylic acids is 1. The molecule has 1 amide bonds. The van der Waals surface area contributed by atoms with E-state index in [-0.39, 0.29) is 11.6 Å².